The van der Waals surface area contributed by atoms with Crippen molar-refractivity contribution < 1.29 is 4.79 Å². The summed E-state index contributed by atoms with van der Waals surface area (Å²) in [6.07, 6.45) is 0.266. The van der Waals surface area contributed by atoms with E-state index in [1.54, 1.807) is 34.2 Å². The molecule has 146 valence electrons. The summed E-state index contributed by atoms with van der Waals surface area (Å²) in [4.78, 5) is 17.3. The number of thiazole rings is 1. The molecular weight excluding hydrogens is 427 g/mol. The second-order valence-corrected chi connectivity index (χ2v) is 8.99. The van der Waals surface area contributed by atoms with Gasteiger partial charge in [0.15, 0.2) is 0 Å². The molecule has 5 rings (SSSR count). The van der Waals surface area contributed by atoms with Crippen LogP contribution in [0.4, 0.5) is 5.82 Å². The standard InChI is InChI=1S/C21H16Cl2N4OS/c1-10-6-7-15-16(8-10)29-21(24-15)27-20-18(11(2)26-27)12(9-17(28)25-20)19-13(22)4-3-5-14(19)23/h3-8,12H,9H2,1-2H3,(H,25,28)/t12-/m0/s1. The minimum Gasteiger partial charge on any atom is -0.310 e. The van der Waals surface area contributed by atoms with Crippen LogP contribution < -0.4 is 5.32 Å². The van der Waals surface area contributed by atoms with Crippen molar-refractivity contribution in [2.75, 3.05) is 5.32 Å². The summed E-state index contributed by atoms with van der Waals surface area (Å²) < 4.78 is 2.80. The molecule has 0 saturated heterocycles. The Balaban J connectivity index is 1.71. The predicted molar refractivity (Wildman–Crippen MR) is 118 cm³/mol. The molecule has 1 aliphatic rings. The number of carbonyl (C=O) groups is 1. The summed E-state index contributed by atoms with van der Waals surface area (Å²) in [6.45, 7) is 3.99. The van der Waals surface area contributed by atoms with E-state index in [0.29, 0.717) is 21.0 Å². The summed E-state index contributed by atoms with van der Waals surface area (Å²) in [5, 5.41) is 9.50. The van der Waals surface area contributed by atoms with Gasteiger partial charge >= 0.3 is 0 Å². The van der Waals surface area contributed by atoms with E-state index in [0.717, 1.165) is 27.0 Å². The Labute approximate surface area is 181 Å². The molecule has 5 nitrogen and oxygen atoms in total. The summed E-state index contributed by atoms with van der Waals surface area (Å²) in [5.74, 6) is 0.275. The topological polar surface area (TPSA) is 59.8 Å². The molecule has 1 aliphatic heterocycles. The summed E-state index contributed by atoms with van der Waals surface area (Å²) in [7, 11) is 0. The highest BCUT2D eigenvalue weighted by molar-refractivity contribution is 7.20. The van der Waals surface area contributed by atoms with Gasteiger partial charge in [0.05, 0.1) is 15.9 Å². The Kier molecular flexibility index (Phi) is 4.38. The lowest BCUT2D eigenvalue weighted by Crippen LogP contribution is -2.25. The molecule has 0 saturated carbocycles. The quantitative estimate of drug-likeness (QED) is 0.421. The van der Waals surface area contributed by atoms with E-state index < -0.39 is 0 Å². The molecule has 8 heteroatoms. The third-order valence-corrected chi connectivity index (χ3v) is 6.82. The first kappa shape index (κ1) is 18.6. The Hall–Kier alpha value is -2.41. The minimum absolute atomic E-state index is 0.100. The van der Waals surface area contributed by atoms with Crippen molar-refractivity contribution in [1.82, 2.24) is 14.8 Å². The van der Waals surface area contributed by atoms with Gasteiger partial charge in [0, 0.05) is 27.9 Å². The van der Waals surface area contributed by atoms with Gasteiger partial charge in [-0.25, -0.2) is 4.98 Å². The van der Waals surface area contributed by atoms with Crippen molar-refractivity contribution in [3.05, 3.63) is 68.8 Å². The van der Waals surface area contributed by atoms with Gasteiger partial charge in [-0.3, -0.25) is 4.79 Å². The van der Waals surface area contributed by atoms with E-state index in [4.69, 9.17) is 33.3 Å². The second kappa shape index (κ2) is 6.83. The van der Waals surface area contributed by atoms with Crippen molar-refractivity contribution in [2.24, 2.45) is 0 Å². The van der Waals surface area contributed by atoms with Gasteiger partial charge in [-0.1, -0.05) is 46.7 Å². The Morgan fingerprint density at radius 2 is 1.90 bits per heavy atom. The number of hydrogen-bond donors (Lipinski definition) is 1. The number of hydrogen-bond acceptors (Lipinski definition) is 4. The van der Waals surface area contributed by atoms with Crippen LogP contribution in [0.2, 0.25) is 10.0 Å². The maximum atomic E-state index is 12.6. The van der Waals surface area contributed by atoms with E-state index >= 15 is 0 Å². The Morgan fingerprint density at radius 1 is 1.14 bits per heavy atom. The maximum Gasteiger partial charge on any atom is 0.226 e. The van der Waals surface area contributed by atoms with Gasteiger partial charge in [-0.15, -0.1) is 0 Å². The van der Waals surface area contributed by atoms with Crippen LogP contribution in [-0.4, -0.2) is 20.7 Å². The second-order valence-electron chi connectivity index (χ2n) is 7.17. The third-order valence-electron chi connectivity index (χ3n) is 5.16. The first-order valence-corrected chi connectivity index (χ1v) is 10.7. The zero-order valence-electron chi connectivity index (χ0n) is 15.7. The average molecular weight is 443 g/mol. The number of halogens is 2. The number of carbonyl (C=O) groups excluding carboxylic acids is 1. The van der Waals surface area contributed by atoms with Crippen LogP contribution in [0.3, 0.4) is 0 Å². The fourth-order valence-corrected chi connectivity index (χ4v) is 5.57. The van der Waals surface area contributed by atoms with Crippen molar-refractivity contribution in [2.45, 2.75) is 26.2 Å². The van der Waals surface area contributed by atoms with Crippen LogP contribution in [0.5, 0.6) is 0 Å². The molecule has 0 spiro atoms. The maximum absolute atomic E-state index is 12.6. The molecule has 2 aromatic carbocycles. The molecule has 0 radical (unpaired) electrons. The van der Waals surface area contributed by atoms with Crippen molar-refractivity contribution in [1.29, 1.82) is 0 Å². The molecule has 2 aromatic heterocycles. The molecule has 4 aromatic rings. The normalized spacial score (nSPS) is 16.1. The van der Waals surface area contributed by atoms with Gasteiger partial charge in [0.25, 0.3) is 0 Å². The lowest BCUT2D eigenvalue weighted by molar-refractivity contribution is -0.116. The first-order valence-electron chi connectivity index (χ1n) is 9.13. The number of amides is 1. The number of aromatic nitrogens is 3. The lowest BCUT2D eigenvalue weighted by Gasteiger charge is -2.25. The van der Waals surface area contributed by atoms with Crippen LogP contribution in [0.1, 0.15) is 34.7 Å². The highest BCUT2D eigenvalue weighted by Crippen LogP contribution is 2.45. The Morgan fingerprint density at radius 3 is 2.66 bits per heavy atom. The zero-order valence-corrected chi connectivity index (χ0v) is 18.0. The fourth-order valence-electron chi connectivity index (χ4n) is 3.89. The number of benzene rings is 2. The minimum atomic E-state index is -0.259. The molecule has 0 aliphatic carbocycles. The van der Waals surface area contributed by atoms with E-state index in [2.05, 4.69) is 18.3 Å². The SMILES string of the molecule is Cc1ccc2nc(-n3nc(C)c4c3NC(=O)C[C@@H]4c3c(Cl)cccc3Cl)sc2c1. The fraction of sp³-hybridized carbons (Fsp3) is 0.190. The molecule has 29 heavy (non-hydrogen) atoms. The molecule has 1 amide bonds. The van der Waals surface area contributed by atoms with Crippen LogP contribution in [0.15, 0.2) is 36.4 Å². The van der Waals surface area contributed by atoms with Gasteiger partial charge in [-0.05, 0) is 49.2 Å². The monoisotopic (exact) mass is 442 g/mol. The van der Waals surface area contributed by atoms with Crippen LogP contribution in [-0.2, 0) is 4.79 Å². The predicted octanol–water partition coefficient (Wildman–Crippen LogP) is 5.88. The van der Waals surface area contributed by atoms with Crippen molar-refractivity contribution >= 4 is 56.5 Å². The number of fused-ring (bicyclic) bond motifs is 2. The molecular formula is C21H16Cl2N4OS. The molecule has 0 bridgehead atoms. The van der Waals surface area contributed by atoms with Gasteiger partial charge < -0.3 is 5.32 Å². The number of anilines is 1. The van der Waals surface area contributed by atoms with Crippen molar-refractivity contribution in [3.63, 3.8) is 0 Å². The van der Waals surface area contributed by atoms with Crippen LogP contribution in [0.25, 0.3) is 15.3 Å². The molecule has 1 atom stereocenters. The van der Waals surface area contributed by atoms with Gasteiger partial charge in [-0.2, -0.15) is 9.78 Å². The Bertz CT molecular complexity index is 1270. The van der Waals surface area contributed by atoms with E-state index in [1.165, 1.54) is 5.56 Å². The lowest BCUT2D eigenvalue weighted by atomic mass is 9.85. The van der Waals surface area contributed by atoms with Gasteiger partial charge in [0.1, 0.15) is 5.82 Å². The highest BCUT2D eigenvalue weighted by Gasteiger charge is 2.35. The first-order chi connectivity index (χ1) is 13.9. The average Bonchev–Trinajstić information content (AvgIpc) is 3.22. The third kappa shape index (κ3) is 3.03. The van der Waals surface area contributed by atoms with E-state index in [9.17, 15) is 4.79 Å². The van der Waals surface area contributed by atoms with Gasteiger partial charge in [0.2, 0.25) is 11.0 Å². The number of nitrogens with one attached hydrogen (secondary N) is 1. The molecule has 1 N–H and O–H groups in total. The summed E-state index contributed by atoms with van der Waals surface area (Å²) in [5.41, 5.74) is 4.58. The number of aryl methyl sites for hydroxylation is 2. The molecule has 0 unspecified atom stereocenters. The molecule has 3 heterocycles. The summed E-state index contributed by atoms with van der Waals surface area (Å²) in [6, 6.07) is 11.5. The van der Waals surface area contributed by atoms with Crippen molar-refractivity contribution in [3.8, 4) is 5.13 Å². The largest absolute Gasteiger partial charge is 0.310 e. The van der Waals surface area contributed by atoms with E-state index in [1.807, 2.05) is 19.1 Å². The smallest absolute Gasteiger partial charge is 0.226 e. The molecule has 0 fully saturated rings. The van der Waals surface area contributed by atoms with Crippen LogP contribution >= 0.6 is 34.5 Å². The van der Waals surface area contributed by atoms with E-state index in [-0.39, 0.29) is 18.2 Å². The zero-order chi connectivity index (χ0) is 20.3. The number of nitrogens with zero attached hydrogens (tertiary/aromatic N) is 3. The highest BCUT2D eigenvalue weighted by atomic mass is 35.5. The summed E-state index contributed by atoms with van der Waals surface area (Å²) >= 11 is 14.5. The van der Waals surface area contributed by atoms with Crippen LogP contribution in [0, 0.1) is 13.8 Å². The number of rotatable bonds is 2.